The molecule has 0 saturated heterocycles. The molecule has 0 saturated carbocycles. The third-order valence-electron chi connectivity index (χ3n) is 5.27. The molecule has 0 radical (unpaired) electrons. The zero-order valence-corrected chi connectivity index (χ0v) is 20.9. The second kappa shape index (κ2) is 10.3. The van der Waals surface area contributed by atoms with E-state index in [1.54, 1.807) is 13.0 Å². The Hall–Kier alpha value is -3.38. The van der Waals surface area contributed by atoms with Crippen LogP contribution in [0.1, 0.15) is 24.1 Å². The van der Waals surface area contributed by atoms with Gasteiger partial charge in [0.15, 0.2) is 9.84 Å². The van der Waals surface area contributed by atoms with E-state index in [1.807, 2.05) is 0 Å². The molecule has 0 aliphatic carbocycles. The number of halogens is 3. The summed E-state index contributed by atoms with van der Waals surface area (Å²) in [7, 11) is -7.81. The maximum Gasteiger partial charge on any atom is 0.416 e. The summed E-state index contributed by atoms with van der Waals surface area (Å²) in [4.78, 5) is 12.8. The van der Waals surface area contributed by atoms with Crippen LogP contribution in [0.3, 0.4) is 0 Å². The summed E-state index contributed by atoms with van der Waals surface area (Å²) in [6.45, 7) is 0.817. The predicted molar refractivity (Wildman–Crippen MR) is 129 cm³/mol. The molecule has 0 heterocycles. The van der Waals surface area contributed by atoms with E-state index in [1.165, 1.54) is 54.6 Å². The van der Waals surface area contributed by atoms with Gasteiger partial charge in [0.25, 0.3) is 10.0 Å². The van der Waals surface area contributed by atoms with Crippen molar-refractivity contribution in [2.75, 3.05) is 17.1 Å². The largest absolute Gasteiger partial charge is 0.416 e. The summed E-state index contributed by atoms with van der Waals surface area (Å²) in [6, 6.07) is 15.9. The van der Waals surface area contributed by atoms with E-state index in [-0.39, 0.29) is 15.5 Å². The average Bonchev–Trinajstić information content (AvgIpc) is 2.82. The highest BCUT2D eigenvalue weighted by atomic mass is 32.2. The predicted octanol–water partition coefficient (Wildman–Crippen LogP) is 4.18. The van der Waals surface area contributed by atoms with Crippen molar-refractivity contribution in [2.45, 2.75) is 28.9 Å². The van der Waals surface area contributed by atoms with E-state index in [9.17, 15) is 34.8 Å². The Balaban J connectivity index is 1.91. The average molecular weight is 541 g/mol. The van der Waals surface area contributed by atoms with E-state index in [2.05, 4.69) is 5.32 Å². The van der Waals surface area contributed by atoms with Gasteiger partial charge in [-0.05, 0) is 55.0 Å². The van der Waals surface area contributed by atoms with Crippen molar-refractivity contribution in [2.24, 2.45) is 0 Å². The van der Waals surface area contributed by atoms with E-state index in [4.69, 9.17) is 0 Å². The zero-order valence-electron chi connectivity index (χ0n) is 19.2. The van der Waals surface area contributed by atoms with Crippen LogP contribution in [0, 0.1) is 0 Å². The summed E-state index contributed by atoms with van der Waals surface area (Å²) >= 11 is 0. The van der Waals surface area contributed by atoms with Crippen molar-refractivity contribution in [3.05, 3.63) is 90.0 Å². The minimum atomic E-state index is -4.72. The van der Waals surface area contributed by atoms with Crippen molar-refractivity contribution >= 4 is 31.5 Å². The minimum absolute atomic E-state index is 0.0921. The summed E-state index contributed by atoms with van der Waals surface area (Å²) in [5.41, 5.74) is -0.839. The molecule has 1 unspecified atom stereocenters. The first-order valence-corrected chi connectivity index (χ1v) is 13.9. The Kier molecular flexibility index (Phi) is 7.79. The maximum atomic E-state index is 13.3. The quantitative estimate of drug-likeness (QED) is 0.462. The monoisotopic (exact) mass is 540 g/mol. The van der Waals surface area contributed by atoms with Crippen LogP contribution in [0.4, 0.5) is 18.9 Å². The normalized spacial score (nSPS) is 13.1. The molecule has 0 bridgehead atoms. The smallest absolute Gasteiger partial charge is 0.348 e. The van der Waals surface area contributed by atoms with Gasteiger partial charge in [-0.25, -0.2) is 16.8 Å². The first-order valence-electron chi connectivity index (χ1n) is 10.5. The highest BCUT2D eigenvalue weighted by molar-refractivity contribution is 7.93. The third kappa shape index (κ3) is 6.43. The number of nitrogens with zero attached hydrogens (tertiary/aromatic N) is 1. The SMILES string of the molecule is CC(NC(=O)CN(c1cccc(C(F)(F)F)c1)S(=O)(=O)c1ccccc1)c1ccc(S(C)(=O)=O)cc1. The first-order chi connectivity index (χ1) is 16.7. The first kappa shape index (κ1) is 27.2. The lowest BCUT2D eigenvalue weighted by Gasteiger charge is -2.26. The Morgan fingerprint density at radius 2 is 1.50 bits per heavy atom. The third-order valence-corrected chi connectivity index (χ3v) is 8.18. The fourth-order valence-electron chi connectivity index (χ4n) is 3.38. The molecule has 0 aliphatic heterocycles. The van der Waals surface area contributed by atoms with Crippen LogP contribution in [0.15, 0.2) is 88.7 Å². The summed E-state index contributed by atoms with van der Waals surface area (Å²) in [6.07, 6.45) is -3.66. The number of benzene rings is 3. The zero-order chi connectivity index (χ0) is 26.7. The fourth-order valence-corrected chi connectivity index (χ4v) is 5.44. The molecule has 0 spiro atoms. The number of amides is 1. The van der Waals surface area contributed by atoms with Crippen LogP contribution in [0.2, 0.25) is 0 Å². The van der Waals surface area contributed by atoms with Crippen molar-refractivity contribution in [3.8, 4) is 0 Å². The van der Waals surface area contributed by atoms with Crippen LogP contribution in [-0.4, -0.2) is 35.5 Å². The number of hydrogen-bond acceptors (Lipinski definition) is 5. The minimum Gasteiger partial charge on any atom is -0.348 e. The number of carbonyl (C=O) groups is 1. The highest BCUT2D eigenvalue weighted by Gasteiger charge is 2.33. The Labute approximate surface area is 207 Å². The van der Waals surface area contributed by atoms with Gasteiger partial charge in [0.05, 0.1) is 27.1 Å². The highest BCUT2D eigenvalue weighted by Crippen LogP contribution is 2.33. The lowest BCUT2D eigenvalue weighted by Crippen LogP contribution is -2.41. The van der Waals surface area contributed by atoms with Gasteiger partial charge in [0, 0.05) is 6.26 Å². The maximum absolute atomic E-state index is 13.3. The number of hydrogen-bond donors (Lipinski definition) is 1. The second-order valence-corrected chi connectivity index (χ2v) is 11.9. The van der Waals surface area contributed by atoms with Crippen molar-refractivity contribution < 1.29 is 34.8 Å². The van der Waals surface area contributed by atoms with Gasteiger partial charge >= 0.3 is 6.18 Å². The number of nitrogens with one attached hydrogen (secondary N) is 1. The Morgan fingerprint density at radius 1 is 0.889 bits per heavy atom. The molecule has 7 nitrogen and oxygen atoms in total. The molecule has 12 heteroatoms. The number of sulfone groups is 1. The van der Waals surface area contributed by atoms with E-state index in [0.29, 0.717) is 15.9 Å². The van der Waals surface area contributed by atoms with Gasteiger partial charge in [-0.3, -0.25) is 9.10 Å². The van der Waals surface area contributed by atoms with Crippen LogP contribution in [-0.2, 0) is 30.8 Å². The number of sulfonamides is 1. The number of alkyl halides is 3. The molecule has 0 aromatic heterocycles. The Morgan fingerprint density at radius 3 is 2.06 bits per heavy atom. The molecule has 1 atom stereocenters. The molecular formula is C24H23F3N2O5S2. The van der Waals surface area contributed by atoms with Gasteiger partial charge in [0.1, 0.15) is 6.54 Å². The van der Waals surface area contributed by atoms with E-state index >= 15 is 0 Å². The van der Waals surface area contributed by atoms with Gasteiger partial charge < -0.3 is 5.32 Å². The number of anilines is 1. The topological polar surface area (TPSA) is 101 Å². The molecular weight excluding hydrogens is 517 g/mol. The van der Waals surface area contributed by atoms with Gasteiger partial charge in [-0.15, -0.1) is 0 Å². The molecule has 3 aromatic carbocycles. The Bertz CT molecular complexity index is 1440. The molecule has 1 amide bonds. The van der Waals surface area contributed by atoms with Crippen molar-refractivity contribution in [1.29, 1.82) is 0 Å². The molecule has 3 rings (SSSR count). The van der Waals surface area contributed by atoms with Gasteiger partial charge in [0.2, 0.25) is 5.91 Å². The lowest BCUT2D eigenvalue weighted by molar-refractivity contribution is -0.137. The number of rotatable bonds is 8. The lowest BCUT2D eigenvalue weighted by atomic mass is 10.1. The second-order valence-electron chi connectivity index (χ2n) is 8.00. The fraction of sp³-hybridized carbons (Fsp3) is 0.208. The standard InChI is InChI=1S/C24H23F3N2O5S2/c1-17(18-11-13-21(14-12-18)35(2,31)32)28-23(30)16-29(36(33,34)22-9-4-3-5-10-22)20-8-6-7-19(15-20)24(25,26)27/h3-15,17H,16H2,1-2H3,(H,28,30). The van der Waals surface area contributed by atoms with Crippen molar-refractivity contribution in [1.82, 2.24) is 5.32 Å². The molecule has 1 N–H and O–H groups in total. The summed E-state index contributed by atoms with van der Waals surface area (Å²) in [5, 5.41) is 2.61. The van der Waals surface area contributed by atoms with Crippen LogP contribution in [0.5, 0.6) is 0 Å². The van der Waals surface area contributed by atoms with Crippen LogP contribution >= 0.6 is 0 Å². The van der Waals surface area contributed by atoms with Crippen LogP contribution < -0.4 is 9.62 Å². The van der Waals surface area contributed by atoms with Crippen LogP contribution in [0.25, 0.3) is 0 Å². The van der Waals surface area contributed by atoms with E-state index < -0.39 is 50.1 Å². The van der Waals surface area contributed by atoms with Gasteiger partial charge in [-0.2, -0.15) is 13.2 Å². The molecule has 192 valence electrons. The molecule has 3 aromatic rings. The molecule has 0 fully saturated rings. The summed E-state index contributed by atoms with van der Waals surface area (Å²) < 4.78 is 90.4. The molecule has 0 aliphatic rings. The van der Waals surface area contributed by atoms with Crippen molar-refractivity contribution in [3.63, 3.8) is 0 Å². The van der Waals surface area contributed by atoms with E-state index in [0.717, 1.165) is 18.4 Å². The molecule has 36 heavy (non-hydrogen) atoms. The number of carbonyl (C=O) groups excluding carboxylic acids is 1. The van der Waals surface area contributed by atoms with Gasteiger partial charge in [-0.1, -0.05) is 36.4 Å². The summed E-state index contributed by atoms with van der Waals surface area (Å²) in [5.74, 6) is -0.772.